The lowest BCUT2D eigenvalue weighted by atomic mass is 10.00. The van der Waals surface area contributed by atoms with Gasteiger partial charge in [0.1, 0.15) is 0 Å². The van der Waals surface area contributed by atoms with Gasteiger partial charge in [-0.25, -0.2) is 9.69 Å². The van der Waals surface area contributed by atoms with Gasteiger partial charge in [0.05, 0.1) is 27.6 Å². The first-order valence-corrected chi connectivity index (χ1v) is 10.7. The van der Waals surface area contributed by atoms with Gasteiger partial charge in [0, 0.05) is 25.8 Å². The number of aromatic carboxylic acids is 1. The molecule has 10 heteroatoms. The van der Waals surface area contributed by atoms with Gasteiger partial charge in [0.15, 0.2) is 0 Å². The van der Waals surface area contributed by atoms with E-state index in [1.54, 1.807) is 13.8 Å². The van der Waals surface area contributed by atoms with Gasteiger partial charge in [0.2, 0.25) is 17.7 Å². The van der Waals surface area contributed by atoms with Gasteiger partial charge in [-0.05, 0) is 67.8 Å². The van der Waals surface area contributed by atoms with Crippen molar-refractivity contribution in [1.82, 2.24) is 0 Å². The Morgan fingerprint density at radius 1 is 1.00 bits per heavy atom. The lowest BCUT2D eigenvalue weighted by Crippen LogP contribution is -2.34. The van der Waals surface area contributed by atoms with Crippen molar-refractivity contribution in [3.8, 4) is 0 Å². The summed E-state index contributed by atoms with van der Waals surface area (Å²) in [6.07, 6.45) is 0. The first-order valence-electron chi connectivity index (χ1n) is 7.49. The van der Waals surface area contributed by atoms with Gasteiger partial charge in [-0.15, -0.1) is 0 Å². The number of carbonyl (C=O) groups is 4. The van der Waals surface area contributed by atoms with Crippen molar-refractivity contribution >= 4 is 103 Å². The maximum atomic E-state index is 12.7. The number of hydrogen-bond donors (Lipinski definition) is 1. The Balaban J connectivity index is 2.90. The normalized spacial score (nSPS) is 19.9. The summed E-state index contributed by atoms with van der Waals surface area (Å²) in [7, 11) is 1.53. The van der Waals surface area contributed by atoms with Crippen molar-refractivity contribution in [1.29, 1.82) is 0 Å². The molecule has 1 saturated heterocycles. The van der Waals surface area contributed by atoms with E-state index >= 15 is 0 Å². The zero-order valence-electron chi connectivity index (χ0n) is 14.3. The van der Waals surface area contributed by atoms with Crippen LogP contribution in [-0.2, 0) is 14.4 Å². The fourth-order valence-corrected chi connectivity index (χ4v) is 7.47. The summed E-state index contributed by atoms with van der Waals surface area (Å²) in [5.74, 6) is -3.19. The van der Waals surface area contributed by atoms with Gasteiger partial charge >= 0.3 is 5.97 Å². The maximum Gasteiger partial charge on any atom is 0.338 e. The van der Waals surface area contributed by atoms with E-state index in [2.05, 4.69) is 0 Å². The van der Waals surface area contributed by atoms with Gasteiger partial charge in [0.25, 0.3) is 0 Å². The fraction of sp³-hybridized carbons (Fsp3) is 0.375. The van der Waals surface area contributed by atoms with Crippen LogP contribution in [0.25, 0.3) is 0 Å². The van der Waals surface area contributed by atoms with E-state index in [9.17, 15) is 24.3 Å². The molecule has 1 aliphatic heterocycles. The van der Waals surface area contributed by atoms with E-state index < -0.39 is 17.8 Å². The fourth-order valence-electron chi connectivity index (χ4n) is 2.64. The van der Waals surface area contributed by atoms with Crippen LogP contribution in [0.2, 0.25) is 0 Å². The van der Waals surface area contributed by atoms with Crippen LogP contribution in [0, 0.1) is 22.5 Å². The quantitative estimate of drug-likeness (QED) is 0.387. The largest absolute Gasteiger partial charge is 0.478 e. The monoisotopic (exact) mass is 696 g/mol. The number of carboxylic acids is 1. The second kappa shape index (κ2) is 7.85. The van der Waals surface area contributed by atoms with Crippen molar-refractivity contribution in [2.24, 2.45) is 11.8 Å². The second-order valence-electron chi connectivity index (χ2n) is 5.99. The van der Waals surface area contributed by atoms with E-state index in [0.717, 1.165) is 4.90 Å². The zero-order chi connectivity index (χ0) is 20.1. The molecule has 1 aliphatic rings. The SMILES string of the molecule is CC(=O)N(C)c1c(I)c(C(=O)O)c(I)c(N2C(=O)C(C)C(C)C2=O)c1I. The van der Waals surface area contributed by atoms with E-state index in [-0.39, 0.29) is 29.0 Å². The van der Waals surface area contributed by atoms with Gasteiger partial charge in [-0.1, -0.05) is 13.8 Å². The molecule has 1 fully saturated rings. The molecule has 7 nitrogen and oxygen atoms in total. The minimum Gasteiger partial charge on any atom is -0.478 e. The Bertz CT molecular complexity index is 835. The molecule has 0 aliphatic carbocycles. The summed E-state index contributed by atoms with van der Waals surface area (Å²) in [6, 6.07) is 0. The molecule has 1 aromatic rings. The summed E-state index contributed by atoms with van der Waals surface area (Å²) >= 11 is 5.69. The lowest BCUT2D eigenvalue weighted by Gasteiger charge is -2.26. The van der Waals surface area contributed by atoms with Crippen molar-refractivity contribution in [2.45, 2.75) is 20.8 Å². The number of imide groups is 1. The van der Waals surface area contributed by atoms with E-state index in [4.69, 9.17) is 0 Å². The molecule has 26 heavy (non-hydrogen) atoms. The summed E-state index contributed by atoms with van der Waals surface area (Å²) < 4.78 is 1.17. The number of halogens is 3. The van der Waals surface area contributed by atoms with Crippen LogP contribution in [0.4, 0.5) is 11.4 Å². The summed E-state index contributed by atoms with van der Waals surface area (Å²) in [4.78, 5) is 51.5. The number of amides is 3. The number of carbonyl (C=O) groups excluding carboxylic acids is 3. The van der Waals surface area contributed by atoms with Crippen LogP contribution in [0.3, 0.4) is 0 Å². The Morgan fingerprint density at radius 3 is 1.85 bits per heavy atom. The summed E-state index contributed by atoms with van der Waals surface area (Å²) in [5.41, 5.74) is 0.579. The number of carboxylic acid groups (broad SMARTS) is 1. The third kappa shape index (κ3) is 3.36. The molecule has 0 bridgehead atoms. The van der Waals surface area contributed by atoms with Crippen molar-refractivity contribution in [2.75, 3.05) is 16.8 Å². The molecule has 1 aromatic carbocycles. The summed E-state index contributed by atoms with van der Waals surface area (Å²) in [6.45, 7) is 4.72. The highest BCUT2D eigenvalue weighted by molar-refractivity contribution is 14.1. The number of rotatable bonds is 3. The molecule has 2 rings (SSSR count). The molecule has 1 N–H and O–H groups in total. The van der Waals surface area contributed by atoms with Gasteiger partial charge < -0.3 is 10.0 Å². The topological polar surface area (TPSA) is 95.0 Å². The molecule has 0 aromatic heterocycles. The minimum atomic E-state index is -1.19. The highest BCUT2D eigenvalue weighted by Gasteiger charge is 2.45. The number of hydrogen-bond acceptors (Lipinski definition) is 4. The molecule has 2 unspecified atom stereocenters. The first-order chi connectivity index (χ1) is 11.9. The second-order valence-corrected chi connectivity index (χ2v) is 9.22. The van der Waals surface area contributed by atoms with Gasteiger partial charge in [-0.3, -0.25) is 14.4 Å². The van der Waals surface area contributed by atoms with Crippen LogP contribution in [0.15, 0.2) is 0 Å². The maximum absolute atomic E-state index is 12.7. The van der Waals surface area contributed by atoms with Crippen LogP contribution in [0.1, 0.15) is 31.1 Å². The number of benzene rings is 1. The predicted octanol–water partition coefficient (Wildman–Crippen LogP) is 3.33. The van der Waals surface area contributed by atoms with E-state index in [1.807, 2.05) is 67.8 Å². The Kier molecular flexibility index (Phi) is 6.58. The Morgan fingerprint density at radius 2 is 1.46 bits per heavy atom. The molecule has 2 atom stereocenters. The first kappa shape index (κ1) is 21.8. The number of nitrogens with zero attached hydrogens (tertiary/aromatic N) is 2. The minimum absolute atomic E-state index is 0.0301. The molecule has 140 valence electrons. The average Bonchev–Trinajstić information content (AvgIpc) is 2.72. The summed E-state index contributed by atoms with van der Waals surface area (Å²) in [5, 5.41) is 9.68. The van der Waals surface area contributed by atoms with Crippen LogP contribution in [0.5, 0.6) is 0 Å². The van der Waals surface area contributed by atoms with Gasteiger partial charge in [-0.2, -0.15) is 0 Å². The smallest absolute Gasteiger partial charge is 0.338 e. The highest BCUT2D eigenvalue weighted by atomic mass is 127. The third-order valence-electron chi connectivity index (χ3n) is 4.49. The van der Waals surface area contributed by atoms with Crippen molar-refractivity contribution in [3.05, 3.63) is 16.3 Å². The van der Waals surface area contributed by atoms with Crippen LogP contribution in [-0.4, -0.2) is 35.8 Å². The molecular formula is C16H15I3N2O5. The molecule has 3 amide bonds. The van der Waals surface area contributed by atoms with Crippen molar-refractivity contribution < 1.29 is 24.3 Å². The van der Waals surface area contributed by atoms with Crippen LogP contribution >= 0.6 is 67.8 Å². The van der Waals surface area contributed by atoms with Crippen molar-refractivity contribution in [3.63, 3.8) is 0 Å². The Labute approximate surface area is 191 Å². The van der Waals surface area contributed by atoms with E-state index in [1.165, 1.54) is 18.9 Å². The number of anilines is 2. The lowest BCUT2D eigenvalue weighted by molar-refractivity contribution is -0.122. The molecule has 0 saturated carbocycles. The van der Waals surface area contributed by atoms with Crippen LogP contribution < -0.4 is 9.80 Å². The van der Waals surface area contributed by atoms with E-state index in [0.29, 0.717) is 16.4 Å². The standard InChI is InChI=1S/C16H15I3N2O5/c1-5-6(2)15(24)21(14(5)23)13-10(18)8(16(25)26)9(17)12(11(13)19)20(4)7(3)22/h5-6H,1-4H3,(H,25,26). The third-order valence-corrected chi connectivity index (χ3v) is 7.61. The zero-order valence-corrected chi connectivity index (χ0v) is 20.7. The molecule has 0 radical (unpaired) electrons. The molecule has 1 heterocycles. The average molecular weight is 696 g/mol. The highest BCUT2D eigenvalue weighted by Crippen LogP contribution is 2.44. The molecule has 0 spiro atoms. The predicted molar refractivity (Wildman–Crippen MR) is 121 cm³/mol. The Hall–Kier alpha value is -0.510. The molecular weight excluding hydrogens is 681 g/mol.